The monoisotopic (exact) mass is 435 g/mol. The molecule has 1 aromatic rings. The van der Waals surface area contributed by atoms with E-state index in [0.29, 0.717) is 37.2 Å². The molecular formula is C22H33N3O6. The van der Waals surface area contributed by atoms with Gasteiger partial charge in [-0.3, -0.25) is 4.79 Å². The van der Waals surface area contributed by atoms with E-state index in [1.54, 1.807) is 24.1 Å². The number of urea groups is 1. The van der Waals surface area contributed by atoms with Crippen LogP contribution in [-0.4, -0.2) is 79.7 Å². The van der Waals surface area contributed by atoms with Crippen LogP contribution in [0.3, 0.4) is 0 Å². The first kappa shape index (κ1) is 23.3. The summed E-state index contributed by atoms with van der Waals surface area (Å²) in [5.41, 5.74) is 0.557. The molecule has 2 aliphatic heterocycles. The van der Waals surface area contributed by atoms with Crippen molar-refractivity contribution in [2.24, 2.45) is 0 Å². The third-order valence-electron chi connectivity index (χ3n) is 5.58. The Hall–Kier alpha value is -2.36. The van der Waals surface area contributed by atoms with Crippen molar-refractivity contribution < 1.29 is 28.9 Å². The van der Waals surface area contributed by atoms with E-state index >= 15 is 0 Å². The second kappa shape index (κ2) is 11.3. The number of methoxy groups -OCH3 is 1. The van der Waals surface area contributed by atoms with E-state index < -0.39 is 6.10 Å². The molecule has 0 radical (unpaired) electrons. The molecule has 3 rings (SSSR count). The summed E-state index contributed by atoms with van der Waals surface area (Å²) in [6.07, 6.45) is 1.11. The molecular weight excluding hydrogens is 402 g/mol. The van der Waals surface area contributed by atoms with Gasteiger partial charge in [0.25, 0.3) is 0 Å². The van der Waals surface area contributed by atoms with E-state index in [0.717, 1.165) is 6.42 Å². The van der Waals surface area contributed by atoms with Gasteiger partial charge in [-0.15, -0.1) is 0 Å². The minimum absolute atomic E-state index is 0.0294. The number of carbonyl (C=O) groups excluding carboxylic acids is 2. The highest BCUT2D eigenvalue weighted by Gasteiger charge is 2.40. The van der Waals surface area contributed by atoms with Gasteiger partial charge in [0.2, 0.25) is 5.91 Å². The molecule has 2 fully saturated rings. The third kappa shape index (κ3) is 6.32. The summed E-state index contributed by atoms with van der Waals surface area (Å²) in [5.74, 6) is 0.527. The van der Waals surface area contributed by atoms with Gasteiger partial charge in [0.15, 0.2) is 0 Å². The van der Waals surface area contributed by atoms with Crippen molar-refractivity contribution >= 4 is 17.6 Å². The van der Waals surface area contributed by atoms with Gasteiger partial charge in [0.05, 0.1) is 57.2 Å². The third-order valence-corrected chi connectivity index (χ3v) is 5.58. The van der Waals surface area contributed by atoms with Crippen molar-refractivity contribution in [3.8, 4) is 5.75 Å². The predicted molar refractivity (Wildman–Crippen MR) is 115 cm³/mol. The Labute approximate surface area is 183 Å². The number of hydrogen-bond acceptors (Lipinski definition) is 6. The topological polar surface area (TPSA) is 109 Å². The number of nitrogens with one attached hydrogen (secondary N) is 2. The van der Waals surface area contributed by atoms with E-state index in [4.69, 9.17) is 14.2 Å². The molecule has 0 aliphatic carbocycles. The smallest absolute Gasteiger partial charge is 0.322 e. The fourth-order valence-electron chi connectivity index (χ4n) is 4.05. The molecule has 2 aliphatic rings. The lowest BCUT2D eigenvalue weighted by atomic mass is 9.95. The number of amides is 3. The van der Waals surface area contributed by atoms with Crippen LogP contribution in [0.25, 0.3) is 0 Å². The van der Waals surface area contributed by atoms with Crippen LogP contribution < -0.4 is 15.4 Å². The zero-order valence-corrected chi connectivity index (χ0v) is 18.2. The number of carbonyl (C=O) groups is 2. The van der Waals surface area contributed by atoms with Crippen molar-refractivity contribution in [2.75, 3.05) is 38.7 Å². The van der Waals surface area contributed by atoms with E-state index in [9.17, 15) is 14.7 Å². The largest absolute Gasteiger partial charge is 0.495 e. The van der Waals surface area contributed by atoms with Crippen molar-refractivity contribution in [1.29, 1.82) is 0 Å². The molecule has 0 spiro atoms. The minimum Gasteiger partial charge on any atom is -0.495 e. The number of para-hydroxylation sites is 2. The van der Waals surface area contributed by atoms with Gasteiger partial charge in [0.1, 0.15) is 11.9 Å². The summed E-state index contributed by atoms with van der Waals surface area (Å²) in [5, 5.41) is 16.0. The molecule has 1 aromatic carbocycles. The van der Waals surface area contributed by atoms with Gasteiger partial charge >= 0.3 is 6.03 Å². The van der Waals surface area contributed by atoms with Gasteiger partial charge in [-0.2, -0.15) is 0 Å². The number of fused-ring (bicyclic) bond motifs is 1. The van der Waals surface area contributed by atoms with E-state index in [1.165, 1.54) is 0 Å². The number of aliphatic hydroxyl groups is 1. The van der Waals surface area contributed by atoms with Crippen molar-refractivity contribution in [1.82, 2.24) is 10.2 Å². The van der Waals surface area contributed by atoms with E-state index in [-0.39, 0.29) is 49.9 Å². The van der Waals surface area contributed by atoms with Crippen LogP contribution in [0.5, 0.6) is 5.75 Å². The average Bonchev–Trinajstić information content (AvgIpc) is 2.75. The van der Waals surface area contributed by atoms with Gasteiger partial charge < -0.3 is 34.9 Å². The number of β-amino-alcohol motifs (C(OH)–C–C–N with tert-alkyl or cyclic N) is 1. The molecule has 0 bridgehead atoms. The highest BCUT2D eigenvalue weighted by atomic mass is 16.5. The maximum absolute atomic E-state index is 13.2. The molecule has 0 unspecified atom stereocenters. The quantitative estimate of drug-likeness (QED) is 0.628. The Kier molecular flexibility index (Phi) is 8.51. The van der Waals surface area contributed by atoms with Crippen LogP contribution in [0.2, 0.25) is 0 Å². The average molecular weight is 436 g/mol. The molecule has 0 aromatic heterocycles. The second-order valence-electron chi connectivity index (χ2n) is 7.97. The van der Waals surface area contributed by atoms with Crippen LogP contribution in [0, 0.1) is 0 Å². The van der Waals surface area contributed by atoms with Crippen LogP contribution >= 0.6 is 0 Å². The van der Waals surface area contributed by atoms with Crippen LogP contribution in [0.15, 0.2) is 24.3 Å². The number of rotatable bonds is 6. The second-order valence-corrected chi connectivity index (χ2v) is 7.97. The zero-order valence-electron chi connectivity index (χ0n) is 18.2. The van der Waals surface area contributed by atoms with Crippen LogP contribution in [-0.2, 0) is 14.3 Å². The molecule has 31 heavy (non-hydrogen) atoms. The highest BCUT2D eigenvalue weighted by Crippen LogP contribution is 2.29. The number of nitrogens with zero attached hydrogens (tertiary/aromatic N) is 1. The first-order valence-corrected chi connectivity index (χ1v) is 10.9. The van der Waals surface area contributed by atoms with Crippen molar-refractivity contribution in [2.45, 2.75) is 57.0 Å². The number of benzene rings is 1. The Bertz CT molecular complexity index is 746. The van der Waals surface area contributed by atoms with Gasteiger partial charge in [-0.05, 0) is 31.4 Å². The Morgan fingerprint density at radius 1 is 1.26 bits per heavy atom. The summed E-state index contributed by atoms with van der Waals surface area (Å²) in [6, 6.07) is 6.58. The lowest BCUT2D eigenvalue weighted by Crippen LogP contribution is -2.58. The molecule has 4 atom stereocenters. The lowest BCUT2D eigenvalue weighted by Gasteiger charge is -2.44. The van der Waals surface area contributed by atoms with Crippen molar-refractivity contribution in [3.63, 3.8) is 0 Å². The number of ether oxygens (including phenoxy) is 3. The van der Waals surface area contributed by atoms with E-state index in [2.05, 4.69) is 10.6 Å². The minimum atomic E-state index is -0.790. The summed E-state index contributed by atoms with van der Waals surface area (Å²) < 4.78 is 17.1. The maximum atomic E-state index is 13.2. The Morgan fingerprint density at radius 3 is 2.84 bits per heavy atom. The molecule has 2 saturated heterocycles. The fraction of sp³-hybridized carbons (Fsp3) is 0.636. The summed E-state index contributed by atoms with van der Waals surface area (Å²) >= 11 is 0. The van der Waals surface area contributed by atoms with Gasteiger partial charge in [-0.25, -0.2) is 4.79 Å². The fourth-order valence-corrected chi connectivity index (χ4v) is 4.05. The molecule has 9 heteroatoms. The highest BCUT2D eigenvalue weighted by molar-refractivity contribution is 5.91. The molecule has 0 saturated carbocycles. The standard InChI is InChI=1S/C22H33N3O6/c1-3-10-23-21(27)11-16-8-9-18-20(31-16)14-30-13-15(26)12-25(18)22(28)24-17-6-4-5-7-19(17)29-2/h4-7,15-16,18,20,26H,3,8-14H2,1-2H3,(H,23,27)(H,24,28)/t15-,16-,18+,20-/m0/s1. The first-order chi connectivity index (χ1) is 15.0. The molecule has 3 N–H and O–H groups in total. The normalized spacial score (nSPS) is 26.2. The van der Waals surface area contributed by atoms with Gasteiger partial charge in [0, 0.05) is 6.54 Å². The Balaban J connectivity index is 1.69. The number of aliphatic hydroxyl groups excluding tert-OH is 1. The summed E-state index contributed by atoms with van der Waals surface area (Å²) in [4.78, 5) is 26.9. The lowest BCUT2D eigenvalue weighted by molar-refractivity contribution is -0.149. The zero-order chi connectivity index (χ0) is 22.2. The van der Waals surface area contributed by atoms with Crippen LogP contribution in [0.1, 0.15) is 32.6 Å². The maximum Gasteiger partial charge on any atom is 0.322 e. The molecule has 2 heterocycles. The summed E-state index contributed by atoms with van der Waals surface area (Å²) in [6.45, 7) is 3.16. The number of hydrogen-bond donors (Lipinski definition) is 3. The van der Waals surface area contributed by atoms with Crippen molar-refractivity contribution in [3.05, 3.63) is 24.3 Å². The van der Waals surface area contributed by atoms with Crippen LogP contribution in [0.4, 0.5) is 10.5 Å². The first-order valence-electron chi connectivity index (χ1n) is 10.9. The number of anilines is 1. The SMILES string of the molecule is CCCNC(=O)C[C@@H]1CC[C@@H]2[C@H](COC[C@@H](O)CN2C(=O)Nc2ccccc2OC)O1. The van der Waals surface area contributed by atoms with E-state index in [1.807, 2.05) is 19.1 Å². The Morgan fingerprint density at radius 2 is 2.06 bits per heavy atom. The van der Waals surface area contributed by atoms with Gasteiger partial charge in [-0.1, -0.05) is 19.1 Å². The molecule has 3 amide bonds. The molecule has 9 nitrogen and oxygen atoms in total. The molecule has 172 valence electrons. The predicted octanol–water partition coefficient (Wildman–Crippen LogP) is 1.75. The summed E-state index contributed by atoms with van der Waals surface area (Å²) in [7, 11) is 1.55.